The molecule has 1 heterocycles. The molecule has 2 amide bonds. The number of primary amides is 1. The van der Waals surface area contributed by atoms with Crippen LogP contribution in [0.25, 0.3) is 10.9 Å². The lowest BCUT2D eigenvalue weighted by Gasteiger charge is -2.08. The van der Waals surface area contributed by atoms with Crippen LogP contribution in [0.1, 0.15) is 10.4 Å². The second-order valence-electron chi connectivity index (χ2n) is 5.33. The third kappa shape index (κ3) is 3.67. The van der Waals surface area contributed by atoms with E-state index in [1.54, 1.807) is 24.3 Å². The summed E-state index contributed by atoms with van der Waals surface area (Å²) < 4.78 is 1.20. The molecule has 0 atom stereocenters. The molecule has 0 aliphatic heterocycles. The van der Waals surface area contributed by atoms with Crippen LogP contribution in [0.15, 0.2) is 53.6 Å². The summed E-state index contributed by atoms with van der Waals surface area (Å²) in [5, 5.41) is 3.40. The number of nitrogens with one attached hydrogen (secondary N) is 1. The summed E-state index contributed by atoms with van der Waals surface area (Å²) >= 11 is 5.90. The molecule has 25 heavy (non-hydrogen) atoms. The molecule has 126 valence electrons. The van der Waals surface area contributed by atoms with Gasteiger partial charge in [-0.15, -0.1) is 0 Å². The Labute approximate surface area is 147 Å². The first-order valence-electron chi connectivity index (χ1n) is 7.28. The zero-order valence-electron chi connectivity index (χ0n) is 12.9. The van der Waals surface area contributed by atoms with Crippen molar-refractivity contribution in [2.24, 2.45) is 5.73 Å². The summed E-state index contributed by atoms with van der Waals surface area (Å²) in [5.41, 5.74) is 6.14. The van der Waals surface area contributed by atoms with Crippen molar-refractivity contribution in [3.05, 3.63) is 69.7 Å². The molecule has 7 nitrogen and oxygen atoms in total. The van der Waals surface area contributed by atoms with Gasteiger partial charge in [0.15, 0.2) is 0 Å². The van der Waals surface area contributed by atoms with Crippen LogP contribution in [0, 0.1) is 0 Å². The fourth-order valence-corrected chi connectivity index (χ4v) is 2.49. The molecule has 1 aromatic heterocycles. The number of nitrogens with zero attached hydrogens (tertiary/aromatic N) is 2. The molecule has 8 heteroatoms. The standard InChI is InChI=1S/C17H13ClN4O3/c18-11-3-6-14-13(7-11)17(25)22(9-20-14)8-15(23)21-12-4-1-10(2-5-12)16(19)24/h1-7,9H,8H2,(H2,19,24)(H,21,23). The van der Waals surface area contributed by atoms with Crippen molar-refractivity contribution < 1.29 is 9.59 Å². The highest BCUT2D eigenvalue weighted by Crippen LogP contribution is 2.14. The number of fused-ring (bicyclic) bond motifs is 1. The van der Waals surface area contributed by atoms with E-state index in [-0.39, 0.29) is 12.1 Å². The Balaban J connectivity index is 1.79. The fraction of sp³-hybridized carbons (Fsp3) is 0.0588. The van der Waals surface area contributed by atoms with Crippen LogP contribution in [0.4, 0.5) is 5.69 Å². The molecule has 0 aliphatic rings. The number of carbonyl (C=O) groups excluding carboxylic acids is 2. The monoisotopic (exact) mass is 356 g/mol. The number of halogens is 1. The van der Waals surface area contributed by atoms with Gasteiger partial charge in [-0.25, -0.2) is 4.98 Å². The van der Waals surface area contributed by atoms with Gasteiger partial charge < -0.3 is 11.1 Å². The van der Waals surface area contributed by atoms with E-state index in [4.69, 9.17) is 17.3 Å². The second kappa shape index (κ2) is 6.74. The van der Waals surface area contributed by atoms with Crippen molar-refractivity contribution in [2.45, 2.75) is 6.54 Å². The first-order chi connectivity index (χ1) is 11.9. The van der Waals surface area contributed by atoms with Crippen LogP contribution in [-0.4, -0.2) is 21.4 Å². The van der Waals surface area contributed by atoms with E-state index in [1.165, 1.54) is 29.1 Å². The minimum atomic E-state index is -0.551. The Kier molecular flexibility index (Phi) is 4.49. The molecule has 0 saturated carbocycles. The molecule has 3 aromatic rings. The Bertz CT molecular complexity index is 1030. The van der Waals surface area contributed by atoms with Crippen molar-refractivity contribution in [3.63, 3.8) is 0 Å². The highest BCUT2D eigenvalue weighted by Gasteiger charge is 2.09. The van der Waals surface area contributed by atoms with Gasteiger partial charge >= 0.3 is 0 Å². The van der Waals surface area contributed by atoms with E-state index < -0.39 is 11.8 Å². The van der Waals surface area contributed by atoms with Gasteiger partial charge in [-0.3, -0.25) is 19.0 Å². The molecule has 0 fully saturated rings. The van der Waals surface area contributed by atoms with Crippen LogP contribution in [-0.2, 0) is 11.3 Å². The maximum Gasteiger partial charge on any atom is 0.261 e. The number of aromatic nitrogens is 2. The minimum absolute atomic E-state index is 0.203. The highest BCUT2D eigenvalue weighted by molar-refractivity contribution is 6.31. The van der Waals surface area contributed by atoms with Gasteiger partial charge in [0, 0.05) is 16.3 Å². The molecule has 0 aliphatic carbocycles. The van der Waals surface area contributed by atoms with Crippen molar-refractivity contribution in [1.82, 2.24) is 9.55 Å². The van der Waals surface area contributed by atoms with Gasteiger partial charge in [0.2, 0.25) is 11.8 Å². The Morgan fingerprint density at radius 1 is 1.16 bits per heavy atom. The molecular formula is C17H13ClN4O3. The average molecular weight is 357 g/mol. The molecule has 0 spiro atoms. The zero-order valence-corrected chi connectivity index (χ0v) is 13.7. The van der Waals surface area contributed by atoms with E-state index in [0.717, 1.165) is 0 Å². The predicted octanol–water partition coefficient (Wildman–Crippen LogP) is 1.79. The third-order valence-corrected chi connectivity index (χ3v) is 3.79. The molecule has 0 unspecified atom stereocenters. The molecular weight excluding hydrogens is 344 g/mol. The summed E-state index contributed by atoms with van der Waals surface area (Å²) in [6, 6.07) is 10.9. The minimum Gasteiger partial charge on any atom is -0.366 e. The smallest absolute Gasteiger partial charge is 0.261 e. The van der Waals surface area contributed by atoms with Gasteiger partial charge in [0.1, 0.15) is 6.54 Å². The topological polar surface area (TPSA) is 107 Å². The maximum absolute atomic E-state index is 12.4. The van der Waals surface area contributed by atoms with Crippen molar-refractivity contribution in [2.75, 3.05) is 5.32 Å². The van der Waals surface area contributed by atoms with E-state index >= 15 is 0 Å². The number of carbonyl (C=O) groups is 2. The van der Waals surface area contributed by atoms with Gasteiger partial charge in [-0.2, -0.15) is 0 Å². The predicted molar refractivity (Wildman–Crippen MR) is 94.6 cm³/mol. The van der Waals surface area contributed by atoms with Crippen LogP contribution in [0.2, 0.25) is 5.02 Å². The van der Waals surface area contributed by atoms with E-state index in [0.29, 0.717) is 27.2 Å². The highest BCUT2D eigenvalue weighted by atomic mass is 35.5. The summed E-state index contributed by atoms with van der Waals surface area (Å²) in [7, 11) is 0. The number of anilines is 1. The largest absolute Gasteiger partial charge is 0.366 e. The SMILES string of the molecule is NC(=O)c1ccc(NC(=O)Cn2cnc3ccc(Cl)cc3c2=O)cc1. The zero-order chi connectivity index (χ0) is 18.0. The lowest BCUT2D eigenvalue weighted by atomic mass is 10.2. The quantitative estimate of drug-likeness (QED) is 0.743. The fourth-order valence-electron chi connectivity index (χ4n) is 2.32. The molecule has 0 saturated heterocycles. The molecule has 0 bridgehead atoms. The molecule has 3 rings (SSSR count). The summed E-state index contributed by atoms with van der Waals surface area (Å²) in [5.74, 6) is -0.956. The number of amides is 2. The lowest BCUT2D eigenvalue weighted by molar-refractivity contribution is -0.116. The van der Waals surface area contributed by atoms with Gasteiger partial charge in [-0.05, 0) is 42.5 Å². The number of benzene rings is 2. The lowest BCUT2D eigenvalue weighted by Crippen LogP contribution is -2.27. The van der Waals surface area contributed by atoms with Crippen molar-refractivity contribution in [1.29, 1.82) is 0 Å². The third-order valence-electron chi connectivity index (χ3n) is 3.55. The van der Waals surface area contributed by atoms with Crippen LogP contribution in [0.5, 0.6) is 0 Å². The Hall–Kier alpha value is -3.19. The normalized spacial score (nSPS) is 10.6. The average Bonchev–Trinajstić information content (AvgIpc) is 2.58. The molecule has 3 N–H and O–H groups in total. The van der Waals surface area contributed by atoms with E-state index in [9.17, 15) is 14.4 Å². The van der Waals surface area contributed by atoms with E-state index in [1.807, 2.05) is 0 Å². The summed E-state index contributed by atoms with van der Waals surface area (Å²) in [4.78, 5) is 39.7. The first-order valence-corrected chi connectivity index (χ1v) is 7.66. The Morgan fingerprint density at radius 3 is 2.56 bits per heavy atom. The van der Waals surface area contributed by atoms with Gasteiger partial charge in [0.05, 0.1) is 17.2 Å². The Morgan fingerprint density at radius 2 is 1.88 bits per heavy atom. The number of nitrogens with two attached hydrogens (primary N) is 1. The van der Waals surface area contributed by atoms with Gasteiger partial charge in [-0.1, -0.05) is 11.6 Å². The van der Waals surface area contributed by atoms with Crippen molar-refractivity contribution >= 4 is 40.0 Å². The first kappa shape index (κ1) is 16.7. The van der Waals surface area contributed by atoms with Gasteiger partial charge in [0.25, 0.3) is 5.56 Å². The van der Waals surface area contributed by atoms with Crippen LogP contribution in [0.3, 0.4) is 0 Å². The number of rotatable bonds is 4. The summed E-state index contributed by atoms with van der Waals surface area (Å²) in [6.45, 7) is -0.203. The number of hydrogen-bond donors (Lipinski definition) is 2. The van der Waals surface area contributed by atoms with Crippen LogP contribution >= 0.6 is 11.6 Å². The van der Waals surface area contributed by atoms with E-state index in [2.05, 4.69) is 10.3 Å². The van der Waals surface area contributed by atoms with Crippen molar-refractivity contribution in [3.8, 4) is 0 Å². The maximum atomic E-state index is 12.4. The van der Waals surface area contributed by atoms with Crippen LogP contribution < -0.4 is 16.6 Å². The summed E-state index contributed by atoms with van der Waals surface area (Å²) in [6.07, 6.45) is 1.31. The molecule has 2 aromatic carbocycles. The molecule has 0 radical (unpaired) electrons. The second-order valence-corrected chi connectivity index (χ2v) is 5.77. The number of hydrogen-bond acceptors (Lipinski definition) is 4.